The largest absolute Gasteiger partial charge is 0.453 e. The smallest absolute Gasteiger partial charge is 0.294 e. The maximum Gasteiger partial charge on any atom is 0.294 e. The summed E-state index contributed by atoms with van der Waals surface area (Å²) in [7, 11) is 5.44. The van der Waals surface area contributed by atoms with Crippen molar-refractivity contribution in [2.75, 3.05) is 32.5 Å². The summed E-state index contributed by atoms with van der Waals surface area (Å²) < 4.78 is 7.04. The molecule has 0 fully saturated rings. The van der Waals surface area contributed by atoms with E-state index in [0.717, 1.165) is 6.54 Å². The lowest BCUT2D eigenvalue weighted by Crippen LogP contribution is -2.31. The second-order valence-electron chi connectivity index (χ2n) is 7.13. The van der Waals surface area contributed by atoms with Gasteiger partial charge in [0.1, 0.15) is 5.75 Å². The molecule has 0 bridgehead atoms. The Bertz CT molecular complexity index is 1110. The van der Waals surface area contributed by atoms with Crippen LogP contribution in [0.5, 0.6) is 11.5 Å². The van der Waals surface area contributed by atoms with Gasteiger partial charge in [0.2, 0.25) is 0 Å². The van der Waals surface area contributed by atoms with Gasteiger partial charge in [-0.15, -0.1) is 0 Å². The van der Waals surface area contributed by atoms with Crippen LogP contribution in [0.25, 0.3) is 0 Å². The van der Waals surface area contributed by atoms with Crippen molar-refractivity contribution >= 4 is 28.9 Å². The zero-order valence-corrected chi connectivity index (χ0v) is 18.3. The maximum absolute atomic E-state index is 12.7. The first-order chi connectivity index (χ1) is 14.8. The second-order valence-corrected chi connectivity index (χ2v) is 7.57. The van der Waals surface area contributed by atoms with Crippen molar-refractivity contribution in [3.63, 3.8) is 0 Å². The highest BCUT2D eigenvalue weighted by atomic mass is 35.5. The van der Waals surface area contributed by atoms with E-state index in [0.29, 0.717) is 28.6 Å². The van der Waals surface area contributed by atoms with Gasteiger partial charge in [-0.3, -0.25) is 9.59 Å². The van der Waals surface area contributed by atoms with Crippen LogP contribution < -0.4 is 20.9 Å². The van der Waals surface area contributed by atoms with Gasteiger partial charge in [0.05, 0.1) is 6.20 Å². The molecular weight excluding hydrogens is 418 g/mol. The number of ether oxygens (including phenoxy) is 1. The van der Waals surface area contributed by atoms with Crippen molar-refractivity contribution < 1.29 is 9.53 Å². The Labute approximate surface area is 185 Å². The lowest BCUT2D eigenvalue weighted by Gasteiger charge is -2.14. The van der Waals surface area contributed by atoms with Crippen LogP contribution in [0.2, 0.25) is 5.02 Å². The van der Waals surface area contributed by atoms with Gasteiger partial charge >= 0.3 is 0 Å². The van der Waals surface area contributed by atoms with Crippen LogP contribution in [-0.2, 0) is 7.05 Å². The monoisotopic (exact) mass is 441 g/mol. The Kier molecular flexibility index (Phi) is 7.28. The van der Waals surface area contributed by atoms with Crippen LogP contribution in [0, 0.1) is 0 Å². The molecule has 1 heterocycles. The van der Waals surface area contributed by atoms with Crippen LogP contribution >= 0.6 is 11.6 Å². The van der Waals surface area contributed by atoms with Gasteiger partial charge in [-0.1, -0.05) is 17.7 Å². The molecule has 8 nitrogen and oxygen atoms in total. The molecule has 3 aromatic rings. The number of benzene rings is 2. The van der Waals surface area contributed by atoms with E-state index in [-0.39, 0.29) is 22.9 Å². The van der Waals surface area contributed by atoms with E-state index in [4.69, 9.17) is 16.3 Å². The number of aryl methyl sites for hydroxylation is 1. The summed E-state index contributed by atoms with van der Waals surface area (Å²) in [5, 5.41) is 10.5. The fourth-order valence-electron chi connectivity index (χ4n) is 2.72. The predicted molar refractivity (Wildman–Crippen MR) is 122 cm³/mol. The van der Waals surface area contributed by atoms with E-state index in [2.05, 4.69) is 15.7 Å². The normalized spacial score (nSPS) is 10.7. The molecule has 1 aromatic heterocycles. The molecule has 0 saturated heterocycles. The number of likely N-dealkylation sites (N-methyl/N-ethyl adjacent to an activating group) is 1. The lowest BCUT2D eigenvalue weighted by atomic mass is 10.2. The molecule has 0 radical (unpaired) electrons. The number of carbonyl (C=O) groups is 1. The van der Waals surface area contributed by atoms with Crippen molar-refractivity contribution in [2.24, 2.45) is 7.05 Å². The molecule has 162 valence electrons. The lowest BCUT2D eigenvalue weighted by molar-refractivity contribution is 0.0951. The number of hydrogen-bond acceptors (Lipinski definition) is 6. The van der Waals surface area contributed by atoms with Crippen LogP contribution in [0.3, 0.4) is 0 Å². The van der Waals surface area contributed by atoms with Crippen LogP contribution in [0.4, 0.5) is 11.4 Å². The Morgan fingerprint density at radius 1 is 1.19 bits per heavy atom. The minimum absolute atomic E-state index is 0.154. The van der Waals surface area contributed by atoms with Crippen molar-refractivity contribution in [1.82, 2.24) is 20.0 Å². The summed E-state index contributed by atoms with van der Waals surface area (Å²) in [4.78, 5) is 26.9. The number of nitrogens with one attached hydrogen (secondary N) is 2. The molecule has 31 heavy (non-hydrogen) atoms. The standard InChI is InChI=1S/C22H24ClN5O3/c1-27(2)12-11-24-21(29)15-7-9-17(10-8-15)26-20-19(14-25-28(3)22(20)30)31-18-6-4-5-16(23)13-18/h4-10,13-14,26H,11-12H2,1-3H3,(H,24,29). The number of nitrogens with zero attached hydrogens (tertiary/aromatic N) is 3. The van der Waals surface area contributed by atoms with Gasteiger partial charge < -0.3 is 20.3 Å². The molecule has 2 N–H and O–H groups in total. The van der Waals surface area contributed by atoms with Gasteiger partial charge in [-0.25, -0.2) is 4.68 Å². The highest BCUT2D eigenvalue weighted by Gasteiger charge is 2.14. The molecule has 0 atom stereocenters. The molecule has 0 aliphatic carbocycles. The zero-order chi connectivity index (χ0) is 22.4. The van der Waals surface area contributed by atoms with Crippen LogP contribution in [0.15, 0.2) is 59.5 Å². The van der Waals surface area contributed by atoms with Gasteiger partial charge in [-0.2, -0.15) is 5.10 Å². The quantitative estimate of drug-likeness (QED) is 0.557. The van der Waals surface area contributed by atoms with Gasteiger partial charge in [0.25, 0.3) is 11.5 Å². The average Bonchev–Trinajstić information content (AvgIpc) is 2.73. The van der Waals surface area contributed by atoms with Crippen LogP contribution in [0.1, 0.15) is 10.4 Å². The van der Waals surface area contributed by atoms with Crippen molar-refractivity contribution in [3.05, 3.63) is 75.7 Å². The summed E-state index contributed by atoms with van der Waals surface area (Å²) >= 11 is 6.01. The van der Waals surface area contributed by atoms with Crippen molar-refractivity contribution in [3.8, 4) is 11.5 Å². The van der Waals surface area contributed by atoms with Gasteiger partial charge in [0.15, 0.2) is 11.4 Å². The number of hydrogen-bond donors (Lipinski definition) is 2. The number of carbonyl (C=O) groups excluding carboxylic acids is 1. The zero-order valence-electron chi connectivity index (χ0n) is 17.6. The molecule has 2 aromatic carbocycles. The van der Waals surface area contributed by atoms with E-state index in [9.17, 15) is 9.59 Å². The summed E-state index contributed by atoms with van der Waals surface area (Å²) in [5.41, 5.74) is 1.03. The predicted octanol–water partition coefficient (Wildman–Crippen LogP) is 3.26. The SMILES string of the molecule is CN(C)CCNC(=O)c1ccc(Nc2c(Oc3cccc(Cl)c3)cnn(C)c2=O)cc1. The molecule has 9 heteroatoms. The maximum atomic E-state index is 12.7. The Morgan fingerprint density at radius 3 is 2.61 bits per heavy atom. The summed E-state index contributed by atoms with van der Waals surface area (Å²) in [5.74, 6) is 0.587. The second kappa shape index (κ2) is 10.1. The molecular formula is C22H24ClN5O3. The molecule has 0 aliphatic heterocycles. The minimum atomic E-state index is -0.356. The average molecular weight is 442 g/mol. The van der Waals surface area contributed by atoms with E-state index < -0.39 is 0 Å². The summed E-state index contributed by atoms with van der Waals surface area (Å²) in [6.07, 6.45) is 1.46. The van der Waals surface area contributed by atoms with E-state index >= 15 is 0 Å². The fraction of sp³-hybridized carbons (Fsp3) is 0.227. The summed E-state index contributed by atoms with van der Waals surface area (Å²) in [6.45, 7) is 1.31. The Balaban J connectivity index is 1.78. The Morgan fingerprint density at radius 2 is 1.94 bits per heavy atom. The minimum Gasteiger partial charge on any atom is -0.453 e. The first kappa shape index (κ1) is 22.3. The third-order valence-corrected chi connectivity index (χ3v) is 4.62. The third-order valence-electron chi connectivity index (χ3n) is 4.39. The number of aromatic nitrogens is 2. The Hall–Kier alpha value is -3.36. The first-order valence-corrected chi connectivity index (χ1v) is 10.0. The number of anilines is 2. The van der Waals surface area contributed by atoms with Gasteiger partial charge in [0, 0.05) is 36.4 Å². The van der Waals surface area contributed by atoms with E-state index in [1.54, 1.807) is 55.6 Å². The fourth-order valence-corrected chi connectivity index (χ4v) is 2.90. The molecule has 0 aliphatic rings. The summed E-state index contributed by atoms with van der Waals surface area (Å²) in [6, 6.07) is 13.7. The molecule has 1 amide bonds. The van der Waals surface area contributed by atoms with Crippen molar-refractivity contribution in [1.29, 1.82) is 0 Å². The molecule has 0 unspecified atom stereocenters. The molecule has 0 saturated carbocycles. The number of halogens is 1. The number of rotatable bonds is 8. The molecule has 3 rings (SSSR count). The van der Waals surface area contributed by atoms with Gasteiger partial charge in [-0.05, 0) is 56.6 Å². The van der Waals surface area contributed by atoms with Crippen LogP contribution in [-0.4, -0.2) is 47.8 Å². The number of amides is 1. The van der Waals surface area contributed by atoms with E-state index in [1.807, 2.05) is 19.0 Å². The molecule has 0 spiro atoms. The van der Waals surface area contributed by atoms with E-state index in [1.165, 1.54) is 10.9 Å². The third kappa shape index (κ3) is 6.07. The topological polar surface area (TPSA) is 88.5 Å². The first-order valence-electron chi connectivity index (χ1n) is 9.63. The van der Waals surface area contributed by atoms with Crippen molar-refractivity contribution in [2.45, 2.75) is 0 Å². The highest BCUT2D eigenvalue weighted by molar-refractivity contribution is 6.30. The highest BCUT2D eigenvalue weighted by Crippen LogP contribution is 2.29.